The predicted octanol–water partition coefficient (Wildman–Crippen LogP) is 6.54. The summed E-state index contributed by atoms with van der Waals surface area (Å²) >= 11 is 0. The molecule has 0 spiro atoms. The van der Waals surface area contributed by atoms with Gasteiger partial charge in [-0.1, -0.05) is 29.1 Å². The van der Waals surface area contributed by atoms with Crippen LogP contribution in [0, 0.1) is 18.8 Å². The quantitative estimate of drug-likeness (QED) is 0.276. The molecule has 192 valence electrons. The first kappa shape index (κ1) is 24.1. The van der Waals surface area contributed by atoms with E-state index in [1.165, 1.54) is 6.07 Å². The largest absolute Gasteiger partial charge is 0.416 e. The topological polar surface area (TPSA) is 58.6 Å². The van der Waals surface area contributed by atoms with Crippen molar-refractivity contribution in [2.75, 3.05) is 18.4 Å². The molecule has 1 N–H and O–H groups in total. The highest BCUT2D eigenvalue weighted by atomic mass is 19.4. The fourth-order valence-electron chi connectivity index (χ4n) is 4.86. The third-order valence-electron chi connectivity index (χ3n) is 6.79. The van der Waals surface area contributed by atoms with Gasteiger partial charge in [0.05, 0.1) is 33.8 Å². The Bertz CT molecular complexity index is 1700. The minimum Gasteiger partial charge on any atom is -0.353 e. The Kier molecular flexibility index (Phi) is 6.04. The number of hydrogen-bond donors (Lipinski definition) is 1. The van der Waals surface area contributed by atoms with Crippen LogP contribution in [0.4, 0.5) is 24.7 Å². The van der Waals surface area contributed by atoms with Gasteiger partial charge in [0.2, 0.25) is 0 Å². The van der Waals surface area contributed by atoms with E-state index in [-0.39, 0.29) is 0 Å². The van der Waals surface area contributed by atoms with Crippen molar-refractivity contribution in [2.45, 2.75) is 32.5 Å². The van der Waals surface area contributed by atoms with Crippen LogP contribution in [0.3, 0.4) is 0 Å². The number of rotatable bonds is 4. The van der Waals surface area contributed by atoms with Crippen LogP contribution >= 0.6 is 0 Å². The molecule has 6 rings (SSSR count). The van der Waals surface area contributed by atoms with E-state index in [9.17, 15) is 13.2 Å². The summed E-state index contributed by atoms with van der Waals surface area (Å²) in [6, 6.07) is 13.6. The number of benzene rings is 2. The molecule has 1 fully saturated rings. The molecule has 1 aliphatic rings. The van der Waals surface area contributed by atoms with E-state index in [4.69, 9.17) is 4.52 Å². The van der Waals surface area contributed by atoms with E-state index >= 15 is 0 Å². The van der Waals surface area contributed by atoms with Crippen LogP contribution in [0.25, 0.3) is 16.5 Å². The summed E-state index contributed by atoms with van der Waals surface area (Å²) in [7, 11) is 0. The van der Waals surface area contributed by atoms with Crippen LogP contribution in [0.15, 0.2) is 65.4 Å². The minimum absolute atomic E-state index is 0.309. The Morgan fingerprint density at radius 3 is 2.71 bits per heavy atom. The average molecular weight is 516 g/mol. The first-order valence-corrected chi connectivity index (χ1v) is 12.4. The van der Waals surface area contributed by atoms with E-state index in [0.717, 1.165) is 48.6 Å². The molecule has 5 aromatic rings. The fourth-order valence-corrected chi connectivity index (χ4v) is 4.86. The van der Waals surface area contributed by atoms with Gasteiger partial charge >= 0.3 is 6.18 Å². The Morgan fingerprint density at radius 2 is 1.89 bits per heavy atom. The summed E-state index contributed by atoms with van der Waals surface area (Å²) in [5.74, 6) is 6.70. The molecule has 0 saturated carbocycles. The monoisotopic (exact) mass is 515 g/mol. The number of nitrogens with zero attached hydrogens (tertiary/aromatic N) is 4. The lowest BCUT2D eigenvalue weighted by Crippen LogP contribution is -2.19. The number of pyridine rings is 1. The highest BCUT2D eigenvalue weighted by molar-refractivity contribution is 5.94. The molecule has 0 bridgehead atoms. The van der Waals surface area contributed by atoms with Gasteiger partial charge in [0.15, 0.2) is 11.4 Å². The van der Waals surface area contributed by atoms with Gasteiger partial charge in [-0.05, 0) is 80.4 Å². The summed E-state index contributed by atoms with van der Waals surface area (Å²) in [4.78, 5) is 2.17. The highest BCUT2D eigenvalue weighted by Gasteiger charge is 2.31. The molecular formula is C29H24F3N5O. The van der Waals surface area contributed by atoms with Crippen molar-refractivity contribution in [2.24, 2.45) is 0 Å². The smallest absolute Gasteiger partial charge is 0.353 e. The van der Waals surface area contributed by atoms with Crippen molar-refractivity contribution in [3.05, 3.63) is 88.7 Å². The maximum atomic E-state index is 13.7. The maximum Gasteiger partial charge on any atom is 0.416 e. The van der Waals surface area contributed by atoms with Gasteiger partial charge in [-0.15, -0.1) is 0 Å². The Hall–Kier alpha value is -4.29. The summed E-state index contributed by atoms with van der Waals surface area (Å²) in [5, 5.41) is 12.2. The lowest BCUT2D eigenvalue weighted by molar-refractivity contribution is -0.137. The number of aromatic nitrogens is 3. The van der Waals surface area contributed by atoms with E-state index < -0.39 is 11.7 Å². The number of fused-ring (bicyclic) bond motifs is 2. The summed E-state index contributed by atoms with van der Waals surface area (Å²) < 4.78 is 48.5. The lowest BCUT2D eigenvalue weighted by Gasteiger charge is -2.17. The zero-order chi connectivity index (χ0) is 26.3. The zero-order valence-electron chi connectivity index (χ0n) is 20.6. The molecule has 6 nitrogen and oxygen atoms in total. The summed E-state index contributed by atoms with van der Waals surface area (Å²) in [5.41, 5.74) is 3.92. The SMILES string of the molecule is Cc1ccc2c(Nc3cc(CN4CCCC4)cc(C(F)(F)F)c3)noc2c1C#Cc1cnn2ccccc12. The van der Waals surface area contributed by atoms with Crippen LogP contribution in [0.5, 0.6) is 0 Å². The Labute approximate surface area is 217 Å². The molecule has 2 aromatic carbocycles. The first-order valence-electron chi connectivity index (χ1n) is 12.4. The van der Waals surface area contributed by atoms with Gasteiger partial charge in [-0.25, -0.2) is 4.52 Å². The fraction of sp³-hybridized carbons (Fsp3) is 0.241. The number of likely N-dealkylation sites (tertiary alicyclic amines) is 1. The second kappa shape index (κ2) is 9.54. The van der Waals surface area contributed by atoms with Gasteiger partial charge in [-0.2, -0.15) is 18.3 Å². The van der Waals surface area contributed by atoms with Crippen LogP contribution in [-0.2, 0) is 12.7 Å². The Balaban J connectivity index is 1.35. The van der Waals surface area contributed by atoms with E-state index in [0.29, 0.717) is 40.1 Å². The average Bonchev–Trinajstić information content (AvgIpc) is 3.64. The molecule has 0 radical (unpaired) electrons. The molecule has 0 aliphatic carbocycles. The van der Waals surface area contributed by atoms with E-state index in [2.05, 4.69) is 32.3 Å². The number of aryl methyl sites for hydroxylation is 1. The molecule has 38 heavy (non-hydrogen) atoms. The number of nitrogens with one attached hydrogen (secondary N) is 1. The molecule has 4 heterocycles. The molecule has 9 heteroatoms. The van der Waals surface area contributed by atoms with E-state index in [1.54, 1.807) is 16.8 Å². The second-order valence-electron chi connectivity index (χ2n) is 9.53. The standard InChI is InChI=1S/C29H24F3N5O/c1-19-7-9-25-27(24(19)10-8-21-17-33-37-13-3-2-6-26(21)37)38-35-28(25)34-23-15-20(18-36-11-4-5-12-36)14-22(16-23)29(30,31)32/h2-3,6-7,9,13-17H,4-5,11-12,18H2,1H3,(H,34,35). The molecule has 0 unspecified atom stereocenters. The lowest BCUT2D eigenvalue weighted by atomic mass is 10.1. The normalized spacial score (nSPS) is 14.2. The molecular weight excluding hydrogens is 491 g/mol. The van der Waals surface area contributed by atoms with Gasteiger partial charge in [0.1, 0.15) is 0 Å². The molecule has 0 amide bonds. The summed E-state index contributed by atoms with van der Waals surface area (Å²) in [6.07, 6.45) is 1.24. The van der Waals surface area contributed by atoms with Gasteiger partial charge in [0, 0.05) is 18.4 Å². The number of halogens is 3. The molecule has 0 atom stereocenters. The van der Waals surface area contributed by atoms with Crippen LogP contribution < -0.4 is 5.32 Å². The number of hydrogen-bond acceptors (Lipinski definition) is 5. The van der Waals surface area contributed by atoms with Crippen molar-refractivity contribution in [3.8, 4) is 11.8 Å². The molecule has 1 aliphatic heterocycles. The first-order chi connectivity index (χ1) is 18.3. The van der Waals surface area contributed by atoms with Crippen molar-refractivity contribution in [3.63, 3.8) is 0 Å². The van der Waals surface area contributed by atoms with E-state index in [1.807, 2.05) is 43.5 Å². The third kappa shape index (κ3) is 4.71. The van der Waals surface area contributed by atoms with Gasteiger partial charge < -0.3 is 9.84 Å². The second-order valence-corrected chi connectivity index (χ2v) is 9.53. The summed E-state index contributed by atoms with van der Waals surface area (Å²) in [6.45, 7) is 4.18. The third-order valence-corrected chi connectivity index (χ3v) is 6.79. The minimum atomic E-state index is -4.46. The van der Waals surface area contributed by atoms with Crippen LogP contribution in [-0.4, -0.2) is 32.8 Å². The number of anilines is 2. The van der Waals surface area contributed by atoms with Gasteiger partial charge in [0.25, 0.3) is 0 Å². The van der Waals surface area contributed by atoms with Crippen LogP contribution in [0.2, 0.25) is 0 Å². The predicted molar refractivity (Wildman–Crippen MR) is 139 cm³/mol. The van der Waals surface area contributed by atoms with Crippen molar-refractivity contribution in [1.29, 1.82) is 0 Å². The van der Waals surface area contributed by atoms with Crippen LogP contribution in [0.1, 0.15) is 40.7 Å². The number of alkyl halides is 3. The molecule has 3 aromatic heterocycles. The highest BCUT2D eigenvalue weighted by Crippen LogP contribution is 2.35. The maximum absolute atomic E-state index is 13.7. The molecule has 1 saturated heterocycles. The van der Waals surface area contributed by atoms with Crippen molar-refractivity contribution in [1.82, 2.24) is 19.7 Å². The Morgan fingerprint density at radius 1 is 1.05 bits per heavy atom. The van der Waals surface area contributed by atoms with Crippen molar-refractivity contribution >= 4 is 28.0 Å². The zero-order valence-corrected chi connectivity index (χ0v) is 20.6. The van der Waals surface area contributed by atoms with Gasteiger partial charge in [-0.3, -0.25) is 4.90 Å². The van der Waals surface area contributed by atoms with Crippen molar-refractivity contribution < 1.29 is 17.7 Å².